The maximum atomic E-state index is 13.0. The predicted octanol–water partition coefficient (Wildman–Crippen LogP) is 2.61. The molecule has 0 unspecified atom stereocenters. The summed E-state index contributed by atoms with van der Waals surface area (Å²) in [5.74, 6) is -0.0337. The molecule has 0 aromatic heterocycles. The summed E-state index contributed by atoms with van der Waals surface area (Å²) in [5.41, 5.74) is 0.685. The number of hydrogen-bond donors (Lipinski definition) is 0. The van der Waals surface area contributed by atoms with Gasteiger partial charge in [-0.05, 0) is 44.6 Å². The molecule has 0 bridgehead atoms. The van der Waals surface area contributed by atoms with Gasteiger partial charge in [-0.2, -0.15) is 0 Å². The molecule has 1 aromatic rings. The summed E-state index contributed by atoms with van der Waals surface area (Å²) < 4.78 is 5.02. The maximum Gasteiger partial charge on any atom is 0.325 e. The second kappa shape index (κ2) is 9.03. The number of benzene rings is 1. The number of carbonyl (C=O) groups excluding carboxylic acids is 2. The second-order valence-electron chi connectivity index (χ2n) is 7.47. The van der Waals surface area contributed by atoms with E-state index in [0.29, 0.717) is 50.7 Å². The Balaban J connectivity index is 1.61. The van der Waals surface area contributed by atoms with E-state index in [0.717, 1.165) is 12.8 Å². The van der Waals surface area contributed by atoms with E-state index in [9.17, 15) is 19.7 Å². The molecule has 1 heterocycles. The zero-order chi connectivity index (χ0) is 20.1. The van der Waals surface area contributed by atoms with Crippen LogP contribution in [0.15, 0.2) is 24.3 Å². The summed E-state index contributed by atoms with van der Waals surface area (Å²) in [6, 6.07) is 6.70. The molecule has 152 valence electrons. The zero-order valence-corrected chi connectivity index (χ0v) is 16.2. The Kier molecular flexibility index (Phi) is 6.49. The molecule has 1 aliphatic carbocycles. The summed E-state index contributed by atoms with van der Waals surface area (Å²) in [6.07, 6.45) is 3.44. The summed E-state index contributed by atoms with van der Waals surface area (Å²) >= 11 is 0. The van der Waals surface area contributed by atoms with E-state index >= 15 is 0 Å². The molecule has 0 spiro atoms. The summed E-state index contributed by atoms with van der Waals surface area (Å²) in [7, 11) is 0. The van der Waals surface area contributed by atoms with E-state index in [-0.39, 0.29) is 34.9 Å². The number of carbonyl (C=O) groups is 2. The van der Waals surface area contributed by atoms with Crippen LogP contribution >= 0.6 is 0 Å². The van der Waals surface area contributed by atoms with Gasteiger partial charge in [0.15, 0.2) is 0 Å². The lowest BCUT2D eigenvalue weighted by Crippen LogP contribution is -2.45. The van der Waals surface area contributed by atoms with Crippen LogP contribution in [0.4, 0.5) is 11.4 Å². The first kappa shape index (κ1) is 20.1. The first-order valence-electron chi connectivity index (χ1n) is 9.92. The van der Waals surface area contributed by atoms with Crippen LogP contribution in [0, 0.1) is 22.0 Å². The summed E-state index contributed by atoms with van der Waals surface area (Å²) in [6.45, 7) is 3.84. The lowest BCUT2D eigenvalue weighted by atomic mass is 9.94. The topological polar surface area (TPSA) is 93.0 Å². The van der Waals surface area contributed by atoms with Crippen LogP contribution in [0.3, 0.4) is 0 Å². The highest BCUT2D eigenvalue weighted by Crippen LogP contribution is 2.33. The molecule has 2 fully saturated rings. The van der Waals surface area contributed by atoms with Gasteiger partial charge in [0.1, 0.15) is 12.2 Å². The van der Waals surface area contributed by atoms with Crippen LogP contribution in [0.1, 0.15) is 32.6 Å². The fraction of sp³-hybridized carbons (Fsp3) is 0.600. The highest BCUT2D eigenvalue weighted by atomic mass is 16.6. The number of nitrogens with zero attached hydrogens (tertiary/aromatic N) is 3. The minimum Gasteiger partial charge on any atom is -0.465 e. The quantitative estimate of drug-likeness (QED) is 0.385. The minimum absolute atomic E-state index is 0.00200. The number of ether oxygens (including phenoxy) is 1. The number of piperidine rings is 1. The van der Waals surface area contributed by atoms with Crippen molar-refractivity contribution in [2.75, 3.05) is 37.7 Å². The van der Waals surface area contributed by atoms with Crippen molar-refractivity contribution >= 4 is 23.3 Å². The second-order valence-corrected chi connectivity index (χ2v) is 7.47. The highest BCUT2D eigenvalue weighted by molar-refractivity contribution is 5.84. The Morgan fingerprint density at radius 3 is 2.50 bits per heavy atom. The van der Waals surface area contributed by atoms with Crippen molar-refractivity contribution in [2.45, 2.75) is 32.6 Å². The Hall–Kier alpha value is -2.64. The average molecular weight is 389 g/mol. The van der Waals surface area contributed by atoms with Gasteiger partial charge < -0.3 is 14.5 Å². The lowest BCUT2D eigenvalue weighted by Gasteiger charge is -2.35. The zero-order valence-electron chi connectivity index (χ0n) is 16.2. The van der Waals surface area contributed by atoms with Crippen molar-refractivity contribution in [1.82, 2.24) is 4.90 Å². The number of nitro benzene ring substituents is 1. The molecule has 0 radical (unpaired) electrons. The lowest BCUT2D eigenvalue weighted by molar-refractivity contribution is -0.384. The molecule has 1 saturated carbocycles. The van der Waals surface area contributed by atoms with Crippen LogP contribution in [-0.2, 0) is 14.3 Å². The molecule has 2 aliphatic rings. The van der Waals surface area contributed by atoms with Crippen LogP contribution in [0.5, 0.6) is 0 Å². The molecule has 1 aliphatic heterocycles. The van der Waals surface area contributed by atoms with Gasteiger partial charge in [-0.25, -0.2) is 0 Å². The minimum atomic E-state index is -0.372. The van der Waals surface area contributed by atoms with E-state index in [1.807, 2.05) is 4.90 Å². The van der Waals surface area contributed by atoms with Crippen LogP contribution in [0.25, 0.3) is 0 Å². The molecule has 8 heteroatoms. The van der Waals surface area contributed by atoms with Gasteiger partial charge in [-0.1, -0.05) is 12.1 Å². The largest absolute Gasteiger partial charge is 0.465 e. The summed E-state index contributed by atoms with van der Waals surface area (Å²) in [4.78, 5) is 39.4. The average Bonchev–Trinajstić information content (AvgIpc) is 3.51. The monoisotopic (exact) mass is 389 g/mol. The first-order valence-corrected chi connectivity index (χ1v) is 9.92. The number of nitro groups is 1. The van der Waals surface area contributed by atoms with Crippen molar-refractivity contribution < 1.29 is 19.2 Å². The SMILES string of the molecule is CCOC(=O)CN(CC1CC1)C(=O)C1CCN(c2ccccc2[N+](=O)[O-])CC1. The Morgan fingerprint density at radius 1 is 1.21 bits per heavy atom. The number of hydrogen-bond acceptors (Lipinski definition) is 6. The normalized spacial score (nSPS) is 17.2. The van der Waals surface area contributed by atoms with Crippen molar-refractivity contribution in [2.24, 2.45) is 11.8 Å². The van der Waals surface area contributed by atoms with Gasteiger partial charge in [0.25, 0.3) is 5.69 Å². The molecule has 3 rings (SSSR count). The van der Waals surface area contributed by atoms with Gasteiger partial charge in [-0.15, -0.1) is 0 Å². The fourth-order valence-electron chi connectivity index (χ4n) is 3.72. The molecular weight excluding hydrogens is 362 g/mol. The third-order valence-electron chi connectivity index (χ3n) is 5.38. The van der Waals surface area contributed by atoms with Crippen molar-refractivity contribution in [3.63, 3.8) is 0 Å². The van der Waals surface area contributed by atoms with E-state index < -0.39 is 0 Å². The molecular formula is C20H27N3O5. The smallest absolute Gasteiger partial charge is 0.325 e. The molecule has 28 heavy (non-hydrogen) atoms. The molecule has 1 aromatic carbocycles. The number of anilines is 1. The fourth-order valence-corrected chi connectivity index (χ4v) is 3.72. The number of para-hydroxylation sites is 2. The van der Waals surface area contributed by atoms with Gasteiger partial charge in [0.05, 0.1) is 11.5 Å². The molecule has 0 N–H and O–H groups in total. The van der Waals surface area contributed by atoms with Crippen LogP contribution in [-0.4, -0.2) is 54.5 Å². The third kappa shape index (κ3) is 4.99. The molecule has 8 nitrogen and oxygen atoms in total. The first-order chi connectivity index (χ1) is 13.5. The van der Waals surface area contributed by atoms with Gasteiger partial charge in [-0.3, -0.25) is 19.7 Å². The number of esters is 1. The molecule has 0 atom stereocenters. The van der Waals surface area contributed by atoms with Crippen LogP contribution in [0.2, 0.25) is 0 Å². The van der Waals surface area contributed by atoms with E-state index in [1.54, 1.807) is 30.0 Å². The van der Waals surface area contributed by atoms with Crippen molar-refractivity contribution in [1.29, 1.82) is 0 Å². The Labute approximate surface area is 164 Å². The van der Waals surface area contributed by atoms with E-state index in [2.05, 4.69) is 0 Å². The van der Waals surface area contributed by atoms with Crippen molar-refractivity contribution in [3.8, 4) is 0 Å². The molecule has 1 saturated heterocycles. The highest BCUT2D eigenvalue weighted by Gasteiger charge is 2.34. The van der Waals surface area contributed by atoms with Gasteiger partial charge >= 0.3 is 5.97 Å². The Bertz CT molecular complexity index is 726. The van der Waals surface area contributed by atoms with Crippen molar-refractivity contribution in [3.05, 3.63) is 34.4 Å². The Morgan fingerprint density at radius 2 is 1.89 bits per heavy atom. The van der Waals surface area contributed by atoms with E-state index in [4.69, 9.17) is 4.74 Å². The van der Waals surface area contributed by atoms with Gasteiger partial charge in [0.2, 0.25) is 5.91 Å². The van der Waals surface area contributed by atoms with Gasteiger partial charge in [0, 0.05) is 31.6 Å². The summed E-state index contributed by atoms with van der Waals surface area (Å²) in [5, 5.41) is 11.3. The predicted molar refractivity (Wildman–Crippen MR) is 104 cm³/mol. The van der Waals surface area contributed by atoms with Crippen LogP contribution < -0.4 is 4.90 Å². The van der Waals surface area contributed by atoms with E-state index in [1.165, 1.54) is 6.07 Å². The third-order valence-corrected chi connectivity index (χ3v) is 5.38. The molecule has 1 amide bonds. The maximum absolute atomic E-state index is 13.0. The standard InChI is InChI=1S/C20H27N3O5/c1-2-28-19(24)14-22(13-15-7-8-15)20(25)16-9-11-21(12-10-16)17-5-3-4-6-18(17)23(26)27/h3-6,15-16H,2,7-14H2,1H3. The number of rotatable bonds is 8. The number of amides is 1.